The highest BCUT2D eigenvalue weighted by molar-refractivity contribution is 5.79. The summed E-state index contributed by atoms with van der Waals surface area (Å²) in [5.41, 5.74) is 1.47. The minimum absolute atomic E-state index is 0.00468. The molecule has 178 valence electrons. The van der Waals surface area contributed by atoms with Gasteiger partial charge in [0.25, 0.3) is 0 Å². The summed E-state index contributed by atoms with van der Waals surface area (Å²) >= 11 is 0. The van der Waals surface area contributed by atoms with Gasteiger partial charge in [-0.3, -0.25) is 14.6 Å². The molecule has 2 amide bonds. The molecular weight excluding hydrogens is 435 g/mol. The number of nitrogens with zero attached hydrogens (tertiary/aromatic N) is 3. The highest BCUT2D eigenvalue weighted by Crippen LogP contribution is 2.31. The van der Waals surface area contributed by atoms with Crippen LogP contribution in [-0.2, 0) is 30.4 Å². The molecule has 32 heavy (non-hydrogen) atoms. The second-order valence-corrected chi connectivity index (χ2v) is 7.61. The van der Waals surface area contributed by atoms with E-state index < -0.39 is 12.1 Å². The smallest absolute Gasteiger partial charge is 0.475 e. The van der Waals surface area contributed by atoms with Crippen LogP contribution < -0.4 is 0 Å². The van der Waals surface area contributed by atoms with E-state index in [1.165, 1.54) is 7.11 Å². The highest BCUT2D eigenvalue weighted by atomic mass is 19.4. The molecule has 0 unspecified atom stereocenters. The molecule has 1 aromatic heterocycles. The molecule has 3 heterocycles. The molecule has 2 saturated heterocycles. The van der Waals surface area contributed by atoms with Gasteiger partial charge in [0.1, 0.15) is 13.2 Å². The summed E-state index contributed by atoms with van der Waals surface area (Å²) in [6.07, 6.45) is -3.62. The summed E-state index contributed by atoms with van der Waals surface area (Å²) < 4.78 is 42.6. The van der Waals surface area contributed by atoms with E-state index in [0.29, 0.717) is 26.2 Å². The summed E-state index contributed by atoms with van der Waals surface area (Å²) in [6, 6.07) is 5.84. The van der Waals surface area contributed by atoms with Crippen LogP contribution in [0.25, 0.3) is 0 Å². The van der Waals surface area contributed by atoms with Gasteiger partial charge < -0.3 is 24.4 Å². The fourth-order valence-electron chi connectivity index (χ4n) is 3.50. The summed E-state index contributed by atoms with van der Waals surface area (Å²) in [5.74, 6) is -2.76. The third-order valence-electron chi connectivity index (χ3n) is 5.17. The number of carbonyl (C=O) groups is 3. The number of hydrogen-bond acceptors (Lipinski definition) is 6. The first-order valence-electron chi connectivity index (χ1n) is 9.87. The Kier molecular flexibility index (Phi) is 8.56. The second-order valence-electron chi connectivity index (χ2n) is 7.61. The topological polar surface area (TPSA) is 109 Å². The normalized spacial score (nSPS) is 18.2. The first-order valence-corrected chi connectivity index (χ1v) is 9.87. The van der Waals surface area contributed by atoms with Crippen LogP contribution in [0, 0.1) is 6.92 Å². The number of aryl methyl sites for hydroxylation is 1. The molecule has 2 aliphatic heterocycles. The lowest BCUT2D eigenvalue weighted by Crippen LogP contribution is -2.59. The van der Waals surface area contributed by atoms with Crippen LogP contribution in [0.4, 0.5) is 13.2 Å². The zero-order chi connectivity index (χ0) is 23.9. The number of morpholine rings is 1. The van der Waals surface area contributed by atoms with Crippen LogP contribution in [0.3, 0.4) is 0 Å². The molecule has 1 spiro atoms. The standard InChI is InChI=1S/C18H25N3O4.C2HF3O2/c1-14-4-3-5-15(19-14)10-21-13-18(25-12-17(21)23)6-8-20(9-7-18)16(22)11-24-2;3-2(4,5)1(6)7/h3-5H,6-13H2,1-2H3;(H,6,7). The Morgan fingerprint density at radius 3 is 2.44 bits per heavy atom. The first-order chi connectivity index (χ1) is 15.0. The highest BCUT2D eigenvalue weighted by Gasteiger charge is 2.43. The Morgan fingerprint density at radius 1 is 1.28 bits per heavy atom. The molecule has 0 atom stereocenters. The van der Waals surface area contributed by atoms with Crippen LogP contribution in [0.1, 0.15) is 24.2 Å². The number of alkyl halides is 3. The van der Waals surface area contributed by atoms with E-state index in [1.807, 2.05) is 30.0 Å². The van der Waals surface area contributed by atoms with Crippen molar-refractivity contribution in [2.24, 2.45) is 0 Å². The van der Waals surface area contributed by atoms with Crippen LogP contribution in [-0.4, -0.2) is 89.4 Å². The summed E-state index contributed by atoms with van der Waals surface area (Å²) in [5, 5.41) is 7.12. The number of aliphatic carboxylic acids is 1. The van der Waals surface area contributed by atoms with Gasteiger partial charge in [0.05, 0.1) is 24.4 Å². The van der Waals surface area contributed by atoms with Gasteiger partial charge in [-0.05, 0) is 31.9 Å². The van der Waals surface area contributed by atoms with Crippen molar-refractivity contribution in [1.82, 2.24) is 14.8 Å². The minimum atomic E-state index is -5.08. The van der Waals surface area contributed by atoms with Gasteiger partial charge in [-0.2, -0.15) is 13.2 Å². The molecule has 1 aromatic rings. The lowest BCUT2D eigenvalue weighted by molar-refractivity contribution is -0.192. The predicted molar refractivity (Wildman–Crippen MR) is 104 cm³/mol. The number of likely N-dealkylation sites (tertiary alicyclic amines) is 1. The molecule has 9 nitrogen and oxygen atoms in total. The van der Waals surface area contributed by atoms with Gasteiger partial charge in [0, 0.05) is 25.9 Å². The minimum Gasteiger partial charge on any atom is -0.475 e. The Labute approximate surface area is 183 Å². The number of methoxy groups -OCH3 is 1. The van der Waals surface area contributed by atoms with Crippen molar-refractivity contribution in [2.45, 2.75) is 38.1 Å². The fraction of sp³-hybridized carbons (Fsp3) is 0.600. The Balaban J connectivity index is 0.000000451. The Morgan fingerprint density at radius 2 is 1.91 bits per heavy atom. The molecule has 1 N–H and O–H groups in total. The Hall–Kier alpha value is -2.73. The number of carboxylic acids is 1. The van der Waals surface area contributed by atoms with E-state index in [0.717, 1.165) is 24.2 Å². The monoisotopic (exact) mass is 461 g/mol. The number of amides is 2. The van der Waals surface area contributed by atoms with E-state index in [1.54, 1.807) is 4.90 Å². The van der Waals surface area contributed by atoms with E-state index in [2.05, 4.69) is 4.98 Å². The zero-order valence-corrected chi connectivity index (χ0v) is 17.9. The number of carbonyl (C=O) groups excluding carboxylic acids is 2. The summed E-state index contributed by atoms with van der Waals surface area (Å²) in [6.45, 7) is 4.46. The molecule has 12 heteroatoms. The molecule has 2 fully saturated rings. The van der Waals surface area contributed by atoms with Crippen molar-refractivity contribution in [1.29, 1.82) is 0 Å². The van der Waals surface area contributed by atoms with Gasteiger partial charge in [0.2, 0.25) is 11.8 Å². The van der Waals surface area contributed by atoms with E-state index in [4.69, 9.17) is 19.4 Å². The molecule has 0 radical (unpaired) electrons. The fourth-order valence-corrected chi connectivity index (χ4v) is 3.50. The van der Waals surface area contributed by atoms with Gasteiger partial charge in [-0.25, -0.2) is 4.79 Å². The van der Waals surface area contributed by atoms with Gasteiger partial charge >= 0.3 is 12.1 Å². The molecule has 0 saturated carbocycles. The van der Waals surface area contributed by atoms with Crippen LogP contribution in [0.15, 0.2) is 18.2 Å². The quantitative estimate of drug-likeness (QED) is 0.722. The van der Waals surface area contributed by atoms with Gasteiger partial charge in [-0.1, -0.05) is 6.07 Å². The number of carboxylic acid groups (broad SMARTS) is 1. The van der Waals surface area contributed by atoms with E-state index in [9.17, 15) is 22.8 Å². The lowest BCUT2D eigenvalue weighted by atomic mass is 9.89. The molecular formula is C20H26F3N3O6. The maximum Gasteiger partial charge on any atom is 0.490 e. The van der Waals surface area contributed by atoms with Gasteiger partial charge in [0.15, 0.2) is 0 Å². The summed E-state index contributed by atoms with van der Waals surface area (Å²) in [4.78, 5) is 41.2. The molecule has 2 aliphatic rings. The number of hydrogen-bond donors (Lipinski definition) is 1. The predicted octanol–water partition coefficient (Wildman–Crippen LogP) is 1.39. The maximum absolute atomic E-state index is 12.3. The molecule has 0 aliphatic carbocycles. The van der Waals surface area contributed by atoms with Crippen LogP contribution in [0.5, 0.6) is 0 Å². The largest absolute Gasteiger partial charge is 0.490 e. The average Bonchev–Trinajstić information content (AvgIpc) is 2.71. The molecule has 3 rings (SSSR count). The second kappa shape index (κ2) is 10.7. The van der Waals surface area contributed by atoms with Crippen molar-refractivity contribution in [3.05, 3.63) is 29.6 Å². The van der Waals surface area contributed by atoms with E-state index in [-0.39, 0.29) is 30.6 Å². The summed E-state index contributed by atoms with van der Waals surface area (Å²) in [7, 11) is 1.52. The molecule has 0 bridgehead atoms. The first kappa shape index (κ1) is 25.5. The van der Waals surface area contributed by atoms with Crippen LogP contribution >= 0.6 is 0 Å². The average molecular weight is 461 g/mol. The number of rotatable bonds is 4. The molecule has 0 aromatic carbocycles. The number of pyridine rings is 1. The van der Waals surface area contributed by atoms with Crippen molar-refractivity contribution in [3.63, 3.8) is 0 Å². The Bertz CT molecular complexity index is 825. The van der Waals surface area contributed by atoms with Crippen molar-refractivity contribution in [3.8, 4) is 0 Å². The van der Waals surface area contributed by atoms with Crippen molar-refractivity contribution >= 4 is 17.8 Å². The maximum atomic E-state index is 12.3. The number of halogens is 3. The zero-order valence-electron chi connectivity index (χ0n) is 17.9. The SMILES string of the molecule is COCC(=O)N1CCC2(CC1)CN(Cc1cccc(C)n1)C(=O)CO2.O=C(O)C(F)(F)F. The van der Waals surface area contributed by atoms with Gasteiger partial charge in [-0.15, -0.1) is 0 Å². The number of ether oxygens (including phenoxy) is 2. The lowest BCUT2D eigenvalue weighted by Gasteiger charge is -2.46. The van der Waals surface area contributed by atoms with Crippen molar-refractivity contribution < 1.29 is 42.1 Å². The third kappa shape index (κ3) is 7.16. The third-order valence-corrected chi connectivity index (χ3v) is 5.17. The van der Waals surface area contributed by atoms with Crippen molar-refractivity contribution in [2.75, 3.05) is 40.0 Å². The van der Waals surface area contributed by atoms with Crippen LogP contribution in [0.2, 0.25) is 0 Å². The van der Waals surface area contributed by atoms with E-state index >= 15 is 0 Å². The number of piperidine rings is 1. The number of aromatic nitrogens is 1.